The van der Waals surface area contributed by atoms with Gasteiger partial charge in [0.2, 0.25) is 0 Å². The van der Waals surface area contributed by atoms with E-state index in [0.29, 0.717) is 12.2 Å². The van der Waals surface area contributed by atoms with E-state index in [0.717, 1.165) is 6.42 Å². The van der Waals surface area contributed by atoms with Gasteiger partial charge < -0.3 is 4.74 Å². The standard InChI is InChI=1S/C7H12O2.Li/c1-4-5-9-7(8)6(2)3;/h2,4-5H2,1,3H3;. The molecule has 0 unspecified atom stereocenters. The van der Waals surface area contributed by atoms with Crippen molar-refractivity contribution in [2.24, 2.45) is 0 Å². The van der Waals surface area contributed by atoms with Crippen LogP contribution in [0.5, 0.6) is 0 Å². The minimum Gasteiger partial charge on any atom is -0.462 e. The zero-order valence-corrected chi connectivity index (χ0v) is 6.94. The van der Waals surface area contributed by atoms with Crippen molar-refractivity contribution in [1.29, 1.82) is 0 Å². The fraction of sp³-hybridized carbons (Fsp3) is 0.571. The quantitative estimate of drug-likeness (QED) is 0.329. The molecule has 0 heterocycles. The van der Waals surface area contributed by atoms with Crippen molar-refractivity contribution in [3.05, 3.63) is 12.2 Å². The zero-order chi connectivity index (χ0) is 7.28. The summed E-state index contributed by atoms with van der Waals surface area (Å²) in [5, 5.41) is 0. The first-order valence-electron chi connectivity index (χ1n) is 3.01. The summed E-state index contributed by atoms with van der Waals surface area (Å²) in [5.74, 6) is -0.295. The van der Waals surface area contributed by atoms with Gasteiger partial charge in [0.1, 0.15) is 0 Å². The van der Waals surface area contributed by atoms with Crippen molar-refractivity contribution >= 4 is 24.8 Å². The fourth-order valence-corrected chi connectivity index (χ4v) is 0.318. The fourth-order valence-electron chi connectivity index (χ4n) is 0.318. The Morgan fingerprint density at radius 3 is 2.40 bits per heavy atom. The molecule has 0 fully saturated rings. The van der Waals surface area contributed by atoms with Crippen LogP contribution in [-0.4, -0.2) is 31.4 Å². The molecule has 0 spiro atoms. The maximum atomic E-state index is 10.6. The first-order valence-corrected chi connectivity index (χ1v) is 3.01. The van der Waals surface area contributed by atoms with Crippen LogP contribution in [0.4, 0.5) is 0 Å². The summed E-state index contributed by atoms with van der Waals surface area (Å²) in [6, 6.07) is 0. The molecule has 1 radical (unpaired) electrons. The molecule has 10 heavy (non-hydrogen) atoms. The van der Waals surface area contributed by atoms with Gasteiger partial charge in [0.15, 0.2) is 0 Å². The molecule has 0 aromatic carbocycles. The third-order valence-electron chi connectivity index (χ3n) is 0.786. The minimum atomic E-state index is -0.295. The van der Waals surface area contributed by atoms with E-state index >= 15 is 0 Å². The third-order valence-corrected chi connectivity index (χ3v) is 0.786. The Morgan fingerprint density at radius 2 is 2.10 bits per heavy atom. The molecule has 0 aromatic rings. The third kappa shape index (κ3) is 5.94. The Labute approximate surface area is 73.8 Å². The smallest absolute Gasteiger partial charge is 0.333 e. The second-order valence-corrected chi connectivity index (χ2v) is 1.92. The van der Waals surface area contributed by atoms with Crippen LogP contribution < -0.4 is 0 Å². The van der Waals surface area contributed by atoms with Gasteiger partial charge in [0.05, 0.1) is 6.61 Å². The maximum absolute atomic E-state index is 10.6. The van der Waals surface area contributed by atoms with E-state index in [1.54, 1.807) is 6.92 Å². The summed E-state index contributed by atoms with van der Waals surface area (Å²) in [5.41, 5.74) is 0.462. The van der Waals surface area contributed by atoms with Gasteiger partial charge >= 0.3 is 5.97 Å². The van der Waals surface area contributed by atoms with Crippen LogP contribution in [0.1, 0.15) is 20.3 Å². The SMILES string of the molecule is C=C(C)C(=O)OCCC.[Li]. The number of carbonyl (C=O) groups is 1. The average molecular weight is 135 g/mol. The number of ether oxygens (including phenoxy) is 1. The molecule has 0 aliphatic rings. The Morgan fingerprint density at radius 1 is 1.60 bits per heavy atom. The molecule has 0 amide bonds. The molecule has 0 N–H and O–H groups in total. The van der Waals surface area contributed by atoms with Crippen molar-refractivity contribution in [2.75, 3.05) is 6.61 Å². The number of hydrogen-bond donors (Lipinski definition) is 0. The number of hydrogen-bond acceptors (Lipinski definition) is 2. The molecule has 0 aromatic heterocycles. The van der Waals surface area contributed by atoms with Crippen LogP contribution in [0.3, 0.4) is 0 Å². The van der Waals surface area contributed by atoms with Crippen LogP contribution in [0, 0.1) is 0 Å². The van der Waals surface area contributed by atoms with Gasteiger partial charge in [-0.15, -0.1) is 0 Å². The van der Waals surface area contributed by atoms with Crippen LogP contribution in [0.2, 0.25) is 0 Å². The Kier molecular flexibility index (Phi) is 8.64. The molecular weight excluding hydrogens is 123 g/mol. The molecule has 0 rings (SSSR count). The van der Waals surface area contributed by atoms with Gasteiger partial charge in [0.25, 0.3) is 0 Å². The summed E-state index contributed by atoms with van der Waals surface area (Å²) >= 11 is 0. The van der Waals surface area contributed by atoms with Gasteiger partial charge in [-0.25, -0.2) is 4.79 Å². The van der Waals surface area contributed by atoms with E-state index in [-0.39, 0.29) is 24.8 Å². The number of esters is 1. The van der Waals surface area contributed by atoms with Gasteiger partial charge in [-0.05, 0) is 13.3 Å². The van der Waals surface area contributed by atoms with Gasteiger partial charge in [0, 0.05) is 24.4 Å². The minimum absolute atomic E-state index is 0. The van der Waals surface area contributed by atoms with Crippen LogP contribution in [-0.2, 0) is 9.53 Å². The van der Waals surface area contributed by atoms with E-state index < -0.39 is 0 Å². The number of rotatable bonds is 3. The molecule has 0 aliphatic carbocycles. The summed E-state index contributed by atoms with van der Waals surface area (Å²) < 4.78 is 4.71. The molecule has 3 heteroatoms. The average Bonchev–Trinajstić information content (AvgIpc) is 1.82. The Balaban J connectivity index is 0. The second kappa shape index (κ2) is 6.92. The molecule has 0 saturated heterocycles. The zero-order valence-electron chi connectivity index (χ0n) is 6.94. The molecule has 0 aliphatic heterocycles. The topological polar surface area (TPSA) is 26.3 Å². The Bertz CT molecular complexity index is 121. The Hall–Kier alpha value is -0.193. The van der Waals surface area contributed by atoms with E-state index in [1.165, 1.54) is 0 Å². The molecular formula is C7H12LiO2. The van der Waals surface area contributed by atoms with E-state index in [2.05, 4.69) is 6.58 Å². The van der Waals surface area contributed by atoms with Crippen LogP contribution in [0.25, 0.3) is 0 Å². The second-order valence-electron chi connectivity index (χ2n) is 1.92. The summed E-state index contributed by atoms with van der Waals surface area (Å²) in [7, 11) is 0. The molecule has 0 bridgehead atoms. The monoisotopic (exact) mass is 135 g/mol. The van der Waals surface area contributed by atoms with E-state index in [1.807, 2.05) is 6.92 Å². The van der Waals surface area contributed by atoms with Crippen molar-refractivity contribution in [2.45, 2.75) is 20.3 Å². The van der Waals surface area contributed by atoms with Crippen molar-refractivity contribution in [3.8, 4) is 0 Å². The van der Waals surface area contributed by atoms with Gasteiger partial charge in [-0.2, -0.15) is 0 Å². The number of carbonyl (C=O) groups excluding carboxylic acids is 1. The maximum Gasteiger partial charge on any atom is 0.333 e. The summed E-state index contributed by atoms with van der Waals surface area (Å²) in [4.78, 5) is 10.6. The van der Waals surface area contributed by atoms with E-state index in [9.17, 15) is 4.79 Å². The van der Waals surface area contributed by atoms with Crippen molar-refractivity contribution in [3.63, 3.8) is 0 Å². The van der Waals surface area contributed by atoms with Gasteiger partial charge in [-0.1, -0.05) is 13.5 Å². The van der Waals surface area contributed by atoms with Crippen LogP contribution >= 0.6 is 0 Å². The largest absolute Gasteiger partial charge is 0.462 e. The van der Waals surface area contributed by atoms with Crippen molar-refractivity contribution in [1.82, 2.24) is 0 Å². The first kappa shape index (κ1) is 12.5. The van der Waals surface area contributed by atoms with Crippen molar-refractivity contribution < 1.29 is 9.53 Å². The first-order chi connectivity index (χ1) is 4.18. The predicted molar refractivity (Wildman–Crippen MR) is 41.8 cm³/mol. The van der Waals surface area contributed by atoms with E-state index in [4.69, 9.17) is 4.74 Å². The summed E-state index contributed by atoms with van der Waals surface area (Å²) in [6.07, 6.45) is 0.860. The normalized spacial score (nSPS) is 7.80. The van der Waals surface area contributed by atoms with Gasteiger partial charge in [-0.3, -0.25) is 0 Å². The molecule has 53 valence electrons. The molecule has 0 saturated carbocycles. The molecule has 2 nitrogen and oxygen atoms in total. The van der Waals surface area contributed by atoms with Crippen LogP contribution in [0.15, 0.2) is 12.2 Å². The predicted octanol–water partition coefficient (Wildman–Crippen LogP) is 1.13. The molecule has 0 atom stereocenters. The summed E-state index contributed by atoms with van der Waals surface area (Å²) in [6.45, 7) is 7.51.